The van der Waals surface area contributed by atoms with Crippen LogP contribution in [0.2, 0.25) is 0 Å². The quantitative estimate of drug-likeness (QED) is 0.420. The number of hydrogen-bond donors (Lipinski definition) is 0. The molecule has 0 unspecified atom stereocenters. The molecule has 0 aliphatic carbocycles. The van der Waals surface area contributed by atoms with Gasteiger partial charge in [0.2, 0.25) is 11.8 Å². The second kappa shape index (κ2) is 11.6. The number of halogens is 1. The third-order valence-corrected chi connectivity index (χ3v) is 5.82. The van der Waals surface area contributed by atoms with E-state index in [1.807, 2.05) is 76.4 Å². The average molecular weight is 464 g/mol. The molecule has 0 saturated carbocycles. The van der Waals surface area contributed by atoms with Crippen molar-refractivity contribution in [3.05, 3.63) is 95.6 Å². The van der Waals surface area contributed by atoms with Crippen LogP contribution in [0.4, 0.5) is 4.39 Å². The molecule has 0 aliphatic rings. The maximum Gasteiger partial charge on any atom is 0.242 e. The van der Waals surface area contributed by atoms with Gasteiger partial charge in [-0.2, -0.15) is 0 Å². The lowest BCUT2D eigenvalue weighted by Gasteiger charge is -2.31. The molecule has 0 aliphatic heterocycles. The molecule has 6 heteroatoms. The number of carbonyl (C=O) groups is 2. The molecule has 180 valence electrons. The van der Waals surface area contributed by atoms with Gasteiger partial charge in [-0.1, -0.05) is 56.3 Å². The summed E-state index contributed by atoms with van der Waals surface area (Å²) in [7, 11) is 0. The highest BCUT2D eigenvalue weighted by molar-refractivity contribution is 5.85. The largest absolute Gasteiger partial charge is 0.345 e. The van der Waals surface area contributed by atoms with Crippen molar-refractivity contribution in [3.8, 4) is 0 Å². The summed E-state index contributed by atoms with van der Waals surface area (Å²) in [6.07, 6.45) is 1.96. The van der Waals surface area contributed by atoms with Crippen LogP contribution in [-0.4, -0.2) is 38.8 Å². The zero-order valence-corrected chi connectivity index (χ0v) is 20.4. The molecule has 1 aromatic heterocycles. The van der Waals surface area contributed by atoms with E-state index in [1.54, 1.807) is 21.9 Å². The molecule has 1 heterocycles. The predicted octanol–water partition coefficient (Wildman–Crippen LogP) is 5.10. The molecule has 34 heavy (non-hydrogen) atoms. The number of benzene rings is 2. The van der Waals surface area contributed by atoms with Crippen LogP contribution in [0, 0.1) is 11.7 Å². The first-order chi connectivity index (χ1) is 16.2. The molecule has 2 amide bonds. The first kappa shape index (κ1) is 25.2. The number of nitrogens with zero attached hydrogens (tertiary/aromatic N) is 3. The Bertz CT molecular complexity index is 1070. The monoisotopic (exact) mass is 463 g/mol. The smallest absolute Gasteiger partial charge is 0.242 e. The highest BCUT2D eigenvalue weighted by Crippen LogP contribution is 2.16. The predicted molar refractivity (Wildman–Crippen MR) is 132 cm³/mol. The fraction of sp³-hybridized carbons (Fsp3) is 0.357. The molecule has 0 fully saturated rings. The van der Waals surface area contributed by atoms with Gasteiger partial charge in [0.25, 0.3) is 0 Å². The molecule has 3 rings (SSSR count). The van der Waals surface area contributed by atoms with Crippen molar-refractivity contribution < 1.29 is 14.0 Å². The molecule has 0 bridgehead atoms. The Morgan fingerprint density at radius 1 is 0.853 bits per heavy atom. The van der Waals surface area contributed by atoms with E-state index in [1.165, 1.54) is 12.1 Å². The minimum atomic E-state index is -0.262. The standard InChI is InChI=1S/C28H34FN3O2/c1-21(2)28(34)32(22(3)4)20-27(33)31(18-23-9-6-5-7-10-23)19-26-11-8-16-30(26)17-24-12-14-25(29)15-13-24/h5-16,21-22H,17-20H2,1-4H3. The van der Waals surface area contributed by atoms with E-state index >= 15 is 0 Å². The van der Waals surface area contributed by atoms with Crippen molar-refractivity contribution >= 4 is 11.8 Å². The van der Waals surface area contributed by atoms with Crippen LogP contribution in [0.1, 0.15) is 44.5 Å². The van der Waals surface area contributed by atoms with Crippen LogP contribution < -0.4 is 0 Å². The van der Waals surface area contributed by atoms with Gasteiger partial charge in [0.05, 0.1) is 6.54 Å². The van der Waals surface area contributed by atoms with Gasteiger partial charge in [-0.15, -0.1) is 0 Å². The Balaban J connectivity index is 1.82. The number of carbonyl (C=O) groups excluding carboxylic acids is 2. The lowest BCUT2D eigenvalue weighted by atomic mass is 10.1. The van der Waals surface area contributed by atoms with Crippen molar-refractivity contribution in [1.82, 2.24) is 14.4 Å². The Morgan fingerprint density at radius 3 is 2.15 bits per heavy atom. The first-order valence-corrected chi connectivity index (χ1v) is 11.7. The summed E-state index contributed by atoms with van der Waals surface area (Å²) in [5, 5.41) is 0. The molecule has 3 aromatic rings. The molecular formula is C28H34FN3O2. The SMILES string of the molecule is CC(C)C(=O)N(CC(=O)N(Cc1ccccc1)Cc1cccn1Cc1ccc(F)cc1)C(C)C. The third kappa shape index (κ3) is 6.80. The van der Waals surface area contributed by atoms with Crippen molar-refractivity contribution in [2.75, 3.05) is 6.54 Å². The number of aromatic nitrogens is 1. The second-order valence-corrected chi connectivity index (χ2v) is 9.20. The van der Waals surface area contributed by atoms with Crippen LogP contribution in [0.25, 0.3) is 0 Å². The van der Waals surface area contributed by atoms with E-state index in [-0.39, 0.29) is 36.1 Å². The summed E-state index contributed by atoms with van der Waals surface area (Å²) in [6, 6.07) is 20.2. The van der Waals surface area contributed by atoms with E-state index in [4.69, 9.17) is 0 Å². The number of rotatable bonds is 10. The molecule has 0 N–H and O–H groups in total. The summed E-state index contributed by atoms with van der Waals surface area (Å²) >= 11 is 0. The fourth-order valence-electron chi connectivity index (χ4n) is 3.86. The van der Waals surface area contributed by atoms with Crippen LogP contribution >= 0.6 is 0 Å². The molecule has 5 nitrogen and oxygen atoms in total. The zero-order valence-electron chi connectivity index (χ0n) is 20.4. The van der Waals surface area contributed by atoms with Gasteiger partial charge in [0.1, 0.15) is 12.4 Å². The van der Waals surface area contributed by atoms with Gasteiger partial charge in [-0.3, -0.25) is 9.59 Å². The highest BCUT2D eigenvalue weighted by Gasteiger charge is 2.25. The second-order valence-electron chi connectivity index (χ2n) is 9.20. The van der Waals surface area contributed by atoms with E-state index < -0.39 is 0 Å². The third-order valence-electron chi connectivity index (χ3n) is 5.82. The van der Waals surface area contributed by atoms with E-state index in [0.29, 0.717) is 19.6 Å². The Labute approximate surface area is 201 Å². The van der Waals surface area contributed by atoms with Crippen molar-refractivity contribution in [2.45, 2.75) is 53.4 Å². The van der Waals surface area contributed by atoms with Crippen LogP contribution in [-0.2, 0) is 29.2 Å². The Hall–Kier alpha value is -3.41. The van der Waals surface area contributed by atoms with Gasteiger partial charge in [-0.25, -0.2) is 4.39 Å². The summed E-state index contributed by atoms with van der Waals surface area (Å²) in [4.78, 5) is 29.7. The normalized spacial score (nSPS) is 11.1. The topological polar surface area (TPSA) is 45.6 Å². The molecule has 2 aromatic carbocycles. The maximum atomic E-state index is 13.5. The minimum absolute atomic E-state index is 0.0253. The number of hydrogen-bond acceptors (Lipinski definition) is 2. The zero-order chi connectivity index (χ0) is 24.7. The van der Waals surface area contributed by atoms with E-state index in [0.717, 1.165) is 16.8 Å². The van der Waals surface area contributed by atoms with Gasteiger partial charge in [0.15, 0.2) is 0 Å². The van der Waals surface area contributed by atoms with Crippen molar-refractivity contribution in [1.29, 1.82) is 0 Å². The van der Waals surface area contributed by atoms with Gasteiger partial charge < -0.3 is 14.4 Å². The van der Waals surface area contributed by atoms with E-state index in [2.05, 4.69) is 4.57 Å². The number of amides is 2. The highest BCUT2D eigenvalue weighted by atomic mass is 19.1. The first-order valence-electron chi connectivity index (χ1n) is 11.7. The lowest BCUT2D eigenvalue weighted by Crippen LogP contribution is -2.47. The van der Waals surface area contributed by atoms with Gasteiger partial charge in [-0.05, 0) is 49.2 Å². The molecular weight excluding hydrogens is 429 g/mol. The Kier molecular flexibility index (Phi) is 8.63. The molecule has 0 radical (unpaired) electrons. The van der Waals surface area contributed by atoms with Crippen LogP contribution in [0.3, 0.4) is 0 Å². The van der Waals surface area contributed by atoms with E-state index in [9.17, 15) is 14.0 Å². The Morgan fingerprint density at radius 2 is 1.53 bits per heavy atom. The minimum Gasteiger partial charge on any atom is -0.345 e. The summed E-state index contributed by atoms with van der Waals surface area (Å²) in [6.45, 7) is 9.05. The molecule has 0 spiro atoms. The van der Waals surface area contributed by atoms with Crippen molar-refractivity contribution in [2.24, 2.45) is 5.92 Å². The summed E-state index contributed by atoms with van der Waals surface area (Å²) < 4.78 is 15.4. The lowest BCUT2D eigenvalue weighted by molar-refractivity contribution is -0.144. The maximum absolute atomic E-state index is 13.5. The van der Waals surface area contributed by atoms with Gasteiger partial charge >= 0.3 is 0 Å². The van der Waals surface area contributed by atoms with Crippen LogP contribution in [0.15, 0.2) is 72.9 Å². The molecule has 0 atom stereocenters. The van der Waals surface area contributed by atoms with Gasteiger partial charge in [0, 0.05) is 36.9 Å². The summed E-state index contributed by atoms with van der Waals surface area (Å²) in [5.41, 5.74) is 2.98. The average Bonchev–Trinajstić information content (AvgIpc) is 3.24. The summed E-state index contributed by atoms with van der Waals surface area (Å²) in [5.74, 6) is -0.559. The van der Waals surface area contributed by atoms with Crippen LogP contribution in [0.5, 0.6) is 0 Å². The fourth-order valence-corrected chi connectivity index (χ4v) is 3.86. The van der Waals surface area contributed by atoms with Crippen molar-refractivity contribution in [3.63, 3.8) is 0 Å². The molecule has 0 saturated heterocycles.